The number of unbranched alkanes of at least 4 members (excludes halogenated alkanes) is 3. The van der Waals surface area contributed by atoms with Crippen molar-refractivity contribution >= 4 is 17.5 Å². The molecule has 6 nitrogen and oxygen atoms in total. The van der Waals surface area contributed by atoms with Gasteiger partial charge in [0.05, 0.1) is 0 Å². The summed E-state index contributed by atoms with van der Waals surface area (Å²) in [6.45, 7) is 5.21. The Morgan fingerprint density at radius 1 is 1.00 bits per heavy atom. The summed E-state index contributed by atoms with van der Waals surface area (Å²) in [4.78, 5) is 25.0. The molecule has 0 spiro atoms. The fourth-order valence-corrected chi connectivity index (χ4v) is 2.37. The van der Waals surface area contributed by atoms with E-state index in [9.17, 15) is 9.59 Å². The maximum Gasteiger partial charge on any atom is 0.243 e. The first kappa shape index (κ1) is 21.1. The summed E-state index contributed by atoms with van der Waals surface area (Å²) in [6.07, 6.45) is 4.08. The van der Waals surface area contributed by atoms with E-state index in [1.54, 1.807) is 5.48 Å². The van der Waals surface area contributed by atoms with E-state index in [1.165, 1.54) is 5.56 Å². The van der Waals surface area contributed by atoms with Crippen molar-refractivity contribution in [3.8, 4) is 0 Å². The number of hydrogen-bond acceptors (Lipinski definition) is 4. The van der Waals surface area contributed by atoms with Crippen molar-refractivity contribution in [1.29, 1.82) is 0 Å². The number of amides is 2. The maximum atomic E-state index is 11.9. The molecule has 0 radical (unpaired) electrons. The highest BCUT2D eigenvalue weighted by atomic mass is 16.5. The highest BCUT2D eigenvalue weighted by Gasteiger charge is 2.06. The first-order valence-electron chi connectivity index (χ1n) is 8.94. The summed E-state index contributed by atoms with van der Waals surface area (Å²) in [6, 6.07) is 8.46. The molecule has 3 N–H and O–H groups in total. The van der Waals surface area contributed by atoms with Crippen molar-refractivity contribution in [1.82, 2.24) is 10.4 Å². The van der Waals surface area contributed by atoms with Crippen molar-refractivity contribution in [3.05, 3.63) is 29.8 Å². The van der Waals surface area contributed by atoms with Crippen LogP contribution in [0.25, 0.3) is 0 Å². The Morgan fingerprint density at radius 3 is 2.08 bits per heavy atom. The van der Waals surface area contributed by atoms with Gasteiger partial charge in [-0.05, 0) is 51.4 Å². The Kier molecular flexibility index (Phi) is 9.80. The van der Waals surface area contributed by atoms with E-state index in [1.807, 2.05) is 24.3 Å². The highest BCUT2D eigenvalue weighted by molar-refractivity contribution is 5.90. The molecule has 0 aromatic heterocycles. The molecule has 0 heterocycles. The van der Waals surface area contributed by atoms with Crippen LogP contribution in [0.3, 0.4) is 0 Å². The fourth-order valence-electron chi connectivity index (χ4n) is 2.37. The molecule has 0 aliphatic heterocycles. The van der Waals surface area contributed by atoms with E-state index in [0.717, 1.165) is 37.9 Å². The summed E-state index contributed by atoms with van der Waals surface area (Å²) < 4.78 is 0. The molecule has 0 bridgehead atoms. The quantitative estimate of drug-likeness (QED) is 0.325. The van der Waals surface area contributed by atoms with E-state index in [-0.39, 0.29) is 11.8 Å². The van der Waals surface area contributed by atoms with Crippen molar-refractivity contribution < 1.29 is 14.8 Å². The smallest absolute Gasteiger partial charge is 0.243 e. The first-order chi connectivity index (χ1) is 11.9. The number of hydrogen-bond donors (Lipinski definition) is 3. The molecule has 1 aromatic carbocycles. The zero-order valence-electron chi connectivity index (χ0n) is 15.5. The number of carbonyl (C=O) groups excluding carboxylic acids is 2. The van der Waals surface area contributed by atoms with E-state index < -0.39 is 0 Å². The Labute approximate surface area is 150 Å². The van der Waals surface area contributed by atoms with Gasteiger partial charge in [-0.2, -0.15) is 0 Å². The minimum atomic E-state index is -0.360. The van der Waals surface area contributed by atoms with Crippen LogP contribution in [0.15, 0.2) is 24.3 Å². The zero-order valence-corrected chi connectivity index (χ0v) is 15.5. The van der Waals surface area contributed by atoms with Crippen LogP contribution in [0.2, 0.25) is 0 Å². The topological polar surface area (TPSA) is 81.7 Å². The monoisotopic (exact) mass is 349 g/mol. The molecule has 0 unspecified atom stereocenters. The lowest BCUT2D eigenvalue weighted by Gasteiger charge is -2.21. The van der Waals surface area contributed by atoms with Crippen molar-refractivity contribution in [2.75, 3.05) is 12.4 Å². The van der Waals surface area contributed by atoms with Gasteiger partial charge in [-0.3, -0.25) is 19.7 Å². The lowest BCUT2D eigenvalue weighted by atomic mass is 10.1. The molecule has 0 saturated heterocycles. The van der Waals surface area contributed by atoms with Crippen LogP contribution in [0, 0.1) is 0 Å². The third-order valence-electron chi connectivity index (χ3n) is 4.23. The van der Waals surface area contributed by atoms with Gasteiger partial charge in [-0.15, -0.1) is 0 Å². The standard InChI is InChI=1S/C19H31N3O3/c1-15(2)22(3)14-16-10-12-17(13-11-16)20-18(23)8-6-4-5-7-9-19(24)21-25/h10-13,15,25H,4-9,14H2,1-3H3,(H,20,23)(H,21,24). The second-order valence-electron chi connectivity index (χ2n) is 6.70. The maximum absolute atomic E-state index is 11.9. The fraction of sp³-hybridized carbons (Fsp3) is 0.579. The minimum absolute atomic E-state index is 0.0140. The number of anilines is 1. The molecule has 0 aliphatic carbocycles. The van der Waals surface area contributed by atoms with Crippen LogP contribution < -0.4 is 10.8 Å². The second-order valence-corrected chi connectivity index (χ2v) is 6.70. The van der Waals surface area contributed by atoms with E-state index in [2.05, 4.69) is 31.1 Å². The van der Waals surface area contributed by atoms with Gasteiger partial charge in [0.1, 0.15) is 0 Å². The predicted octanol–water partition coefficient (Wildman–Crippen LogP) is 3.31. The van der Waals surface area contributed by atoms with Crippen molar-refractivity contribution in [3.63, 3.8) is 0 Å². The first-order valence-corrected chi connectivity index (χ1v) is 8.94. The Morgan fingerprint density at radius 2 is 1.56 bits per heavy atom. The lowest BCUT2D eigenvalue weighted by Crippen LogP contribution is -2.25. The van der Waals surface area contributed by atoms with E-state index in [0.29, 0.717) is 18.9 Å². The minimum Gasteiger partial charge on any atom is -0.326 e. The number of carbonyl (C=O) groups is 2. The number of benzene rings is 1. The van der Waals surface area contributed by atoms with Crippen LogP contribution in [0.4, 0.5) is 5.69 Å². The molecule has 1 aromatic rings. The normalized spacial score (nSPS) is 11.0. The highest BCUT2D eigenvalue weighted by Crippen LogP contribution is 2.13. The number of hydroxylamine groups is 1. The lowest BCUT2D eigenvalue weighted by molar-refractivity contribution is -0.129. The molecular weight excluding hydrogens is 318 g/mol. The average Bonchev–Trinajstić information content (AvgIpc) is 2.59. The Balaban J connectivity index is 2.23. The Bertz CT molecular complexity index is 529. The summed E-state index contributed by atoms with van der Waals surface area (Å²) >= 11 is 0. The second kappa shape index (κ2) is 11.6. The molecule has 6 heteroatoms. The van der Waals surface area contributed by atoms with Crippen LogP contribution >= 0.6 is 0 Å². The zero-order chi connectivity index (χ0) is 18.7. The molecule has 1 rings (SSSR count). The van der Waals surface area contributed by atoms with E-state index >= 15 is 0 Å². The number of nitrogens with zero attached hydrogens (tertiary/aromatic N) is 1. The number of nitrogens with one attached hydrogen (secondary N) is 2. The van der Waals surface area contributed by atoms with Crippen LogP contribution in [0.5, 0.6) is 0 Å². The van der Waals surface area contributed by atoms with Gasteiger partial charge in [0.15, 0.2) is 0 Å². The number of rotatable bonds is 11. The van der Waals surface area contributed by atoms with Gasteiger partial charge in [-0.25, -0.2) is 5.48 Å². The third kappa shape index (κ3) is 9.22. The van der Waals surface area contributed by atoms with E-state index in [4.69, 9.17) is 5.21 Å². The van der Waals surface area contributed by atoms with Gasteiger partial charge in [0, 0.05) is 31.1 Å². The molecule has 0 atom stereocenters. The Hall–Kier alpha value is -1.92. The SMILES string of the molecule is CC(C)N(C)Cc1ccc(NC(=O)CCCCCCC(=O)NO)cc1. The van der Waals surface area contributed by atoms with Crippen molar-refractivity contribution in [2.45, 2.75) is 65.0 Å². The van der Waals surface area contributed by atoms with Crippen LogP contribution in [-0.4, -0.2) is 35.0 Å². The molecule has 140 valence electrons. The van der Waals surface area contributed by atoms with Gasteiger partial charge < -0.3 is 5.32 Å². The molecular formula is C19H31N3O3. The largest absolute Gasteiger partial charge is 0.326 e. The molecule has 0 fully saturated rings. The molecule has 2 amide bonds. The van der Waals surface area contributed by atoms with Gasteiger partial charge in [0.2, 0.25) is 11.8 Å². The summed E-state index contributed by atoms with van der Waals surface area (Å²) in [7, 11) is 2.09. The third-order valence-corrected chi connectivity index (χ3v) is 4.23. The van der Waals surface area contributed by atoms with Crippen LogP contribution in [0.1, 0.15) is 57.9 Å². The average molecular weight is 349 g/mol. The predicted molar refractivity (Wildman–Crippen MR) is 99.3 cm³/mol. The summed E-state index contributed by atoms with van der Waals surface area (Å²) in [5, 5.41) is 11.3. The summed E-state index contributed by atoms with van der Waals surface area (Å²) in [5.41, 5.74) is 3.66. The van der Waals surface area contributed by atoms with Crippen LogP contribution in [-0.2, 0) is 16.1 Å². The van der Waals surface area contributed by atoms with Gasteiger partial charge >= 0.3 is 0 Å². The molecule has 0 aliphatic rings. The van der Waals surface area contributed by atoms with Gasteiger partial charge in [0.25, 0.3) is 0 Å². The summed E-state index contributed by atoms with van der Waals surface area (Å²) in [5.74, 6) is -0.346. The van der Waals surface area contributed by atoms with Crippen molar-refractivity contribution in [2.24, 2.45) is 0 Å². The molecule has 0 saturated carbocycles. The molecule has 25 heavy (non-hydrogen) atoms. The van der Waals surface area contributed by atoms with Gasteiger partial charge in [-0.1, -0.05) is 25.0 Å².